The first kappa shape index (κ1) is 21.9. The van der Waals surface area contributed by atoms with E-state index >= 15 is 0 Å². The molecule has 2 rings (SSSR count). The van der Waals surface area contributed by atoms with Crippen molar-refractivity contribution in [3.05, 3.63) is 56.0 Å². The smallest absolute Gasteiger partial charge is 0.195 e. The predicted octanol–water partition coefficient (Wildman–Crippen LogP) is 6.67. The average molecular weight is 522 g/mol. The Labute approximate surface area is 167 Å². The fourth-order valence-corrected chi connectivity index (χ4v) is 3.03. The molecule has 2 aromatic carbocycles. The zero-order chi connectivity index (χ0) is 20.5. The van der Waals surface area contributed by atoms with Crippen LogP contribution < -0.4 is 9.47 Å². The SMILES string of the molecule is CC(CC(C)Oc1cc(F)c(F)c(F)c1Br)Oc1cc(F)c(F)c(F)c1Br. The molecule has 27 heavy (non-hydrogen) atoms. The first-order chi connectivity index (χ1) is 12.5. The van der Waals surface area contributed by atoms with Crippen molar-refractivity contribution in [2.75, 3.05) is 0 Å². The number of hydrogen-bond donors (Lipinski definition) is 0. The van der Waals surface area contributed by atoms with Gasteiger partial charge in [-0.2, -0.15) is 0 Å². The zero-order valence-corrected chi connectivity index (χ0v) is 17.0. The minimum atomic E-state index is -1.64. The van der Waals surface area contributed by atoms with Crippen LogP contribution in [-0.2, 0) is 0 Å². The maximum atomic E-state index is 13.5. The molecular formula is C17H12Br2F6O2. The van der Waals surface area contributed by atoms with E-state index in [0.717, 1.165) is 0 Å². The minimum absolute atomic E-state index is 0.125. The molecule has 0 radical (unpaired) electrons. The lowest BCUT2D eigenvalue weighted by Crippen LogP contribution is -2.23. The lowest BCUT2D eigenvalue weighted by atomic mass is 10.2. The molecule has 0 spiro atoms. The van der Waals surface area contributed by atoms with Crippen LogP contribution in [0.25, 0.3) is 0 Å². The van der Waals surface area contributed by atoms with Gasteiger partial charge in [0.1, 0.15) is 11.5 Å². The molecule has 0 aliphatic rings. The monoisotopic (exact) mass is 520 g/mol. The van der Waals surface area contributed by atoms with Gasteiger partial charge in [-0.15, -0.1) is 0 Å². The van der Waals surface area contributed by atoms with Crippen LogP contribution in [0.5, 0.6) is 11.5 Å². The normalized spacial score (nSPS) is 13.4. The van der Waals surface area contributed by atoms with Crippen LogP contribution in [-0.4, -0.2) is 12.2 Å². The van der Waals surface area contributed by atoms with Crippen LogP contribution >= 0.6 is 31.9 Å². The van der Waals surface area contributed by atoms with Gasteiger partial charge in [-0.1, -0.05) is 0 Å². The summed E-state index contributed by atoms with van der Waals surface area (Å²) in [7, 11) is 0. The van der Waals surface area contributed by atoms with E-state index < -0.39 is 47.1 Å². The van der Waals surface area contributed by atoms with E-state index in [4.69, 9.17) is 9.47 Å². The fourth-order valence-electron chi connectivity index (χ4n) is 2.27. The molecule has 2 aromatic rings. The van der Waals surface area contributed by atoms with Crippen molar-refractivity contribution in [3.8, 4) is 11.5 Å². The highest BCUT2D eigenvalue weighted by atomic mass is 79.9. The van der Waals surface area contributed by atoms with Gasteiger partial charge in [0.05, 0.1) is 21.2 Å². The van der Waals surface area contributed by atoms with Crippen molar-refractivity contribution < 1.29 is 35.8 Å². The summed E-state index contributed by atoms with van der Waals surface area (Å²) in [5, 5.41) is 0. The Hall–Kier alpha value is -1.42. The molecule has 0 fully saturated rings. The highest BCUT2D eigenvalue weighted by Crippen LogP contribution is 2.34. The van der Waals surface area contributed by atoms with E-state index in [1.807, 2.05) is 0 Å². The van der Waals surface area contributed by atoms with Gasteiger partial charge in [0, 0.05) is 18.6 Å². The molecule has 10 heteroatoms. The molecule has 0 saturated carbocycles. The number of halogens is 8. The summed E-state index contributed by atoms with van der Waals surface area (Å²) in [5.41, 5.74) is 0. The third-order valence-electron chi connectivity index (χ3n) is 3.46. The van der Waals surface area contributed by atoms with Gasteiger partial charge in [0.2, 0.25) is 0 Å². The predicted molar refractivity (Wildman–Crippen MR) is 92.8 cm³/mol. The van der Waals surface area contributed by atoms with E-state index in [9.17, 15) is 26.3 Å². The number of benzene rings is 2. The molecule has 0 aromatic heterocycles. The van der Waals surface area contributed by atoms with Crippen molar-refractivity contribution in [1.29, 1.82) is 0 Å². The largest absolute Gasteiger partial charge is 0.489 e. The van der Waals surface area contributed by atoms with Crippen LogP contribution in [0.2, 0.25) is 0 Å². The topological polar surface area (TPSA) is 18.5 Å². The molecule has 0 amide bonds. The van der Waals surface area contributed by atoms with E-state index in [2.05, 4.69) is 31.9 Å². The van der Waals surface area contributed by atoms with Gasteiger partial charge >= 0.3 is 0 Å². The lowest BCUT2D eigenvalue weighted by molar-refractivity contribution is 0.128. The standard InChI is InChI=1S/C17H12Br2F6O2/c1-6(26-10-4-8(20)14(22)16(24)12(10)18)3-7(2)27-11-5-9(21)15(23)17(25)13(11)19/h4-7H,3H2,1-2H3. The minimum Gasteiger partial charge on any atom is -0.489 e. The van der Waals surface area contributed by atoms with Crippen molar-refractivity contribution in [3.63, 3.8) is 0 Å². The Morgan fingerprint density at radius 2 is 1.04 bits per heavy atom. The second-order valence-electron chi connectivity index (χ2n) is 5.69. The Morgan fingerprint density at radius 1 is 0.704 bits per heavy atom. The van der Waals surface area contributed by atoms with E-state index in [1.165, 1.54) is 0 Å². The molecule has 0 aliphatic carbocycles. The molecule has 0 N–H and O–H groups in total. The average Bonchev–Trinajstić information content (AvgIpc) is 2.60. The Bertz CT molecular complexity index is 793. The summed E-state index contributed by atoms with van der Waals surface area (Å²) in [6.07, 6.45) is -1.22. The highest BCUT2D eigenvalue weighted by Gasteiger charge is 2.22. The third kappa shape index (κ3) is 4.90. The van der Waals surface area contributed by atoms with Crippen LogP contribution in [0.4, 0.5) is 26.3 Å². The summed E-state index contributed by atoms with van der Waals surface area (Å²) in [6.45, 7) is 3.10. The summed E-state index contributed by atoms with van der Waals surface area (Å²) in [4.78, 5) is 0. The molecule has 0 bridgehead atoms. The zero-order valence-electron chi connectivity index (χ0n) is 13.9. The van der Waals surface area contributed by atoms with E-state index in [-0.39, 0.29) is 26.9 Å². The van der Waals surface area contributed by atoms with E-state index in [1.54, 1.807) is 13.8 Å². The molecule has 2 nitrogen and oxygen atoms in total. The van der Waals surface area contributed by atoms with Crippen molar-refractivity contribution in [2.45, 2.75) is 32.5 Å². The van der Waals surface area contributed by atoms with Gasteiger partial charge in [-0.3, -0.25) is 0 Å². The third-order valence-corrected chi connectivity index (χ3v) is 4.94. The summed E-state index contributed by atoms with van der Waals surface area (Å²) < 4.78 is 90.0. The number of hydrogen-bond acceptors (Lipinski definition) is 2. The van der Waals surface area contributed by atoms with Gasteiger partial charge in [-0.05, 0) is 45.7 Å². The Morgan fingerprint density at radius 3 is 1.37 bits per heavy atom. The molecular weight excluding hydrogens is 510 g/mol. The first-order valence-electron chi connectivity index (χ1n) is 7.52. The fraction of sp³-hybridized carbons (Fsp3) is 0.294. The summed E-state index contributed by atoms with van der Waals surface area (Å²) in [6, 6.07) is 1.37. The van der Waals surface area contributed by atoms with Crippen molar-refractivity contribution in [2.24, 2.45) is 0 Å². The molecule has 2 atom stereocenters. The van der Waals surface area contributed by atoms with Crippen molar-refractivity contribution in [1.82, 2.24) is 0 Å². The second kappa shape index (κ2) is 8.72. The highest BCUT2D eigenvalue weighted by molar-refractivity contribution is 9.11. The quantitative estimate of drug-likeness (QED) is 0.240. The molecule has 148 valence electrons. The molecule has 0 saturated heterocycles. The van der Waals surface area contributed by atoms with Crippen LogP contribution in [0, 0.1) is 34.9 Å². The Balaban J connectivity index is 2.08. The van der Waals surface area contributed by atoms with Gasteiger partial charge in [0.25, 0.3) is 0 Å². The Kier molecular flexibility index (Phi) is 7.07. The van der Waals surface area contributed by atoms with E-state index in [0.29, 0.717) is 12.1 Å². The van der Waals surface area contributed by atoms with Gasteiger partial charge < -0.3 is 9.47 Å². The van der Waals surface area contributed by atoms with Crippen LogP contribution in [0.1, 0.15) is 20.3 Å². The molecule has 0 aliphatic heterocycles. The number of ether oxygens (including phenoxy) is 2. The first-order valence-corrected chi connectivity index (χ1v) is 9.10. The maximum absolute atomic E-state index is 13.5. The lowest BCUT2D eigenvalue weighted by Gasteiger charge is -2.21. The maximum Gasteiger partial charge on any atom is 0.195 e. The van der Waals surface area contributed by atoms with Crippen LogP contribution in [0.3, 0.4) is 0 Å². The van der Waals surface area contributed by atoms with Gasteiger partial charge in [0.15, 0.2) is 34.9 Å². The molecule has 0 heterocycles. The number of rotatable bonds is 6. The summed E-state index contributed by atoms with van der Waals surface area (Å²) >= 11 is 5.57. The second-order valence-corrected chi connectivity index (χ2v) is 7.28. The molecule has 2 unspecified atom stereocenters. The van der Waals surface area contributed by atoms with Crippen LogP contribution in [0.15, 0.2) is 21.1 Å². The summed E-state index contributed by atoms with van der Waals surface area (Å²) in [5.74, 6) is -9.47. The van der Waals surface area contributed by atoms with Gasteiger partial charge in [-0.25, -0.2) is 26.3 Å². The van der Waals surface area contributed by atoms with Crippen molar-refractivity contribution >= 4 is 31.9 Å².